The average molecular weight is 254 g/mol. The summed E-state index contributed by atoms with van der Waals surface area (Å²) in [5.41, 5.74) is 1.35. The van der Waals surface area contributed by atoms with Gasteiger partial charge in [-0.1, -0.05) is 11.6 Å². The Balaban J connectivity index is 2.70. The Labute approximate surface area is 104 Å². The highest BCUT2D eigenvalue weighted by Gasteiger charge is 2.10. The predicted molar refractivity (Wildman–Crippen MR) is 67.2 cm³/mol. The highest BCUT2D eigenvalue weighted by molar-refractivity contribution is 6.32. The Morgan fingerprint density at radius 3 is 2.06 bits per heavy atom. The molecule has 1 heterocycles. The van der Waals surface area contributed by atoms with E-state index in [-0.39, 0.29) is 0 Å². The van der Waals surface area contributed by atoms with Crippen LogP contribution in [0.15, 0.2) is 12.1 Å². The molecule has 2 aromatic rings. The Morgan fingerprint density at radius 1 is 1.06 bits per heavy atom. The molecule has 0 saturated carbocycles. The third-order valence-corrected chi connectivity index (χ3v) is 2.63. The van der Waals surface area contributed by atoms with Crippen LogP contribution in [0.4, 0.5) is 5.82 Å². The average Bonchev–Trinajstić information content (AvgIpc) is 2.36. The van der Waals surface area contributed by atoms with Crippen LogP contribution in [0.1, 0.15) is 0 Å². The fourth-order valence-electron chi connectivity index (χ4n) is 1.52. The second kappa shape index (κ2) is 4.63. The Hall–Kier alpha value is -1.75. The molecule has 5 nitrogen and oxygen atoms in total. The molecule has 0 unspecified atom stereocenters. The molecule has 0 bridgehead atoms. The first-order valence-electron chi connectivity index (χ1n) is 4.96. The molecule has 0 aliphatic rings. The fourth-order valence-corrected chi connectivity index (χ4v) is 1.75. The van der Waals surface area contributed by atoms with Gasteiger partial charge in [-0.2, -0.15) is 0 Å². The zero-order valence-corrected chi connectivity index (χ0v) is 10.5. The minimum Gasteiger partial charge on any atom is -0.493 e. The molecule has 0 amide bonds. The maximum Gasteiger partial charge on any atom is 0.172 e. The van der Waals surface area contributed by atoms with E-state index in [9.17, 15) is 0 Å². The van der Waals surface area contributed by atoms with E-state index < -0.39 is 0 Å². The highest BCUT2D eigenvalue weighted by atomic mass is 35.5. The standard InChI is InChI=1S/C11H12ClN3O2/c1-13-11-10(12)14-6-4-8(16-2)9(17-3)5-7(6)15-11/h4-5H,1-3H3,(H,13,15). The van der Waals surface area contributed by atoms with Crippen molar-refractivity contribution in [3.05, 3.63) is 17.3 Å². The summed E-state index contributed by atoms with van der Waals surface area (Å²) < 4.78 is 10.4. The molecule has 1 N–H and O–H groups in total. The lowest BCUT2D eigenvalue weighted by atomic mass is 10.2. The number of methoxy groups -OCH3 is 2. The van der Waals surface area contributed by atoms with Crippen molar-refractivity contribution in [3.63, 3.8) is 0 Å². The van der Waals surface area contributed by atoms with Crippen LogP contribution in [-0.2, 0) is 0 Å². The number of nitrogens with zero attached hydrogens (tertiary/aromatic N) is 2. The quantitative estimate of drug-likeness (QED) is 0.910. The van der Waals surface area contributed by atoms with Crippen LogP contribution in [-0.4, -0.2) is 31.2 Å². The summed E-state index contributed by atoms with van der Waals surface area (Å²) in [4.78, 5) is 8.57. The number of fused-ring (bicyclic) bond motifs is 1. The van der Waals surface area contributed by atoms with Crippen LogP contribution in [0.25, 0.3) is 11.0 Å². The van der Waals surface area contributed by atoms with Crippen LogP contribution in [0.3, 0.4) is 0 Å². The summed E-state index contributed by atoms with van der Waals surface area (Å²) in [6.07, 6.45) is 0. The summed E-state index contributed by atoms with van der Waals surface area (Å²) in [6.45, 7) is 0. The highest BCUT2D eigenvalue weighted by Crippen LogP contribution is 2.32. The lowest BCUT2D eigenvalue weighted by Crippen LogP contribution is -1.98. The molecule has 1 aromatic carbocycles. The number of aromatic nitrogens is 2. The lowest BCUT2D eigenvalue weighted by Gasteiger charge is -2.09. The van der Waals surface area contributed by atoms with Crippen molar-refractivity contribution >= 4 is 28.5 Å². The molecule has 0 fully saturated rings. The molecule has 90 valence electrons. The van der Waals surface area contributed by atoms with Gasteiger partial charge in [0, 0.05) is 19.2 Å². The van der Waals surface area contributed by atoms with Gasteiger partial charge in [-0.25, -0.2) is 9.97 Å². The third-order valence-electron chi connectivity index (χ3n) is 2.36. The third kappa shape index (κ3) is 2.06. The first kappa shape index (κ1) is 11.7. The van der Waals surface area contributed by atoms with Gasteiger partial charge in [0.05, 0.1) is 25.3 Å². The molecule has 0 saturated heterocycles. The number of halogens is 1. The Kier molecular flexibility index (Phi) is 3.19. The Bertz CT molecular complexity index is 560. The van der Waals surface area contributed by atoms with Gasteiger partial charge in [-0.15, -0.1) is 0 Å². The van der Waals surface area contributed by atoms with Crippen molar-refractivity contribution in [2.75, 3.05) is 26.6 Å². The van der Waals surface area contributed by atoms with Gasteiger partial charge in [0.2, 0.25) is 0 Å². The van der Waals surface area contributed by atoms with Crippen LogP contribution >= 0.6 is 11.6 Å². The fraction of sp³-hybridized carbons (Fsp3) is 0.273. The first-order chi connectivity index (χ1) is 8.19. The monoisotopic (exact) mass is 253 g/mol. The molecule has 0 radical (unpaired) electrons. The van der Waals surface area contributed by atoms with Crippen LogP contribution in [0.5, 0.6) is 11.5 Å². The first-order valence-corrected chi connectivity index (χ1v) is 5.34. The summed E-state index contributed by atoms with van der Waals surface area (Å²) in [5.74, 6) is 1.74. The van der Waals surface area contributed by atoms with E-state index in [0.29, 0.717) is 33.5 Å². The van der Waals surface area contributed by atoms with E-state index in [2.05, 4.69) is 15.3 Å². The molecule has 0 atom stereocenters. The van der Waals surface area contributed by atoms with Crippen molar-refractivity contribution in [2.45, 2.75) is 0 Å². The summed E-state index contributed by atoms with van der Waals surface area (Å²) in [5, 5.41) is 3.20. The Morgan fingerprint density at radius 2 is 1.59 bits per heavy atom. The van der Waals surface area contributed by atoms with Crippen molar-refractivity contribution in [1.29, 1.82) is 0 Å². The molecule has 6 heteroatoms. The van der Waals surface area contributed by atoms with Gasteiger partial charge in [0.25, 0.3) is 0 Å². The number of hydrogen-bond acceptors (Lipinski definition) is 5. The van der Waals surface area contributed by atoms with Gasteiger partial charge in [0.15, 0.2) is 22.5 Å². The van der Waals surface area contributed by atoms with E-state index in [1.54, 1.807) is 33.4 Å². The summed E-state index contributed by atoms with van der Waals surface area (Å²) in [7, 11) is 4.88. The zero-order valence-electron chi connectivity index (χ0n) is 9.74. The smallest absolute Gasteiger partial charge is 0.172 e. The minimum absolute atomic E-state index is 0.326. The molecule has 0 aliphatic heterocycles. The number of hydrogen-bond donors (Lipinski definition) is 1. The lowest BCUT2D eigenvalue weighted by molar-refractivity contribution is 0.355. The van der Waals surface area contributed by atoms with Gasteiger partial charge in [-0.3, -0.25) is 0 Å². The van der Waals surface area contributed by atoms with Gasteiger partial charge < -0.3 is 14.8 Å². The normalized spacial score (nSPS) is 10.4. The molecule has 2 rings (SSSR count). The van der Waals surface area contributed by atoms with Crippen molar-refractivity contribution in [2.24, 2.45) is 0 Å². The number of ether oxygens (including phenoxy) is 2. The van der Waals surface area contributed by atoms with Gasteiger partial charge in [0.1, 0.15) is 0 Å². The second-order valence-electron chi connectivity index (χ2n) is 3.31. The molecule has 17 heavy (non-hydrogen) atoms. The largest absolute Gasteiger partial charge is 0.493 e. The van der Waals surface area contributed by atoms with Crippen molar-refractivity contribution in [3.8, 4) is 11.5 Å². The zero-order chi connectivity index (χ0) is 12.4. The summed E-state index contributed by atoms with van der Waals surface area (Å²) in [6, 6.07) is 3.50. The molecule has 0 aliphatic carbocycles. The number of nitrogens with one attached hydrogen (secondary N) is 1. The van der Waals surface area contributed by atoms with E-state index in [4.69, 9.17) is 21.1 Å². The molecule has 1 aromatic heterocycles. The van der Waals surface area contributed by atoms with Crippen molar-refractivity contribution < 1.29 is 9.47 Å². The van der Waals surface area contributed by atoms with E-state index in [1.165, 1.54) is 0 Å². The van der Waals surface area contributed by atoms with Crippen molar-refractivity contribution in [1.82, 2.24) is 9.97 Å². The maximum atomic E-state index is 5.96. The van der Waals surface area contributed by atoms with Crippen LogP contribution < -0.4 is 14.8 Å². The van der Waals surface area contributed by atoms with Gasteiger partial charge in [-0.05, 0) is 0 Å². The second-order valence-corrected chi connectivity index (χ2v) is 3.67. The molecular weight excluding hydrogens is 242 g/mol. The maximum absolute atomic E-state index is 5.96. The van der Waals surface area contributed by atoms with E-state index in [1.807, 2.05) is 0 Å². The van der Waals surface area contributed by atoms with Crippen LogP contribution in [0.2, 0.25) is 5.15 Å². The number of rotatable bonds is 3. The predicted octanol–water partition coefficient (Wildman–Crippen LogP) is 2.34. The molecular formula is C11H12ClN3O2. The topological polar surface area (TPSA) is 56.3 Å². The summed E-state index contributed by atoms with van der Waals surface area (Å²) >= 11 is 5.96. The molecule has 0 spiro atoms. The van der Waals surface area contributed by atoms with E-state index in [0.717, 1.165) is 0 Å². The number of benzene rings is 1. The SMILES string of the molecule is CNc1nc2cc(OC)c(OC)cc2nc1Cl. The van der Waals surface area contributed by atoms with E-state index >= 15 is 0 Å². The minimum atomic E-state index is 0.326. The van der Waals surface area contributed by atoms with Gasteiger partial charge >= 0.3 is 0 Å². The van der Waals surface area contributed by atoms with Crippen LogP contribution in [0, 0.1) is 0 Å². The number of anilines is 1.